The summed E-state index contributed by atoms with van der Waals surface area (Å²) in [5.74, 6) is -1.61. The van der Waals surface area contributed by atoms with Crippen molar-refractivity contribution in [2.24, 2.45) is 5.92 Å². The molecule has 2 rings (SSSR count). The molecule has 0 saturated heterocycles. The second-order valence-corrected chi connectivity index (χ2v) is 5.35. The first kappa shape index (κ1) is 13.8. The van der Waals surface area contributed by atoms with Gasteiger partial charge in [0.1, 0.15) is 17.3 Å². The number of benzene rings is 1. The van der Waals surface area contributed by atoms with Gasteiger partial charge in [0.05, 0.1) is 0 Å². The van der Waals surface area contributed by atoms with E-state index >= 15 is 0 Å². The number of rotatable bonds is 4. The zero-order valence-electron chi connectivity index (χ0n) is 11.1. The molecule has 0 heterocycles. The Labute approximate surface area is 111 Å². The largest absolute Gasteiger partial charge is 0.394 e. The topological polar surface area (TPSA) is 46.3 Å². The molecule has 1 fully saturated rings. The van der Waals surface area contributed by atoms with Crippen LogP contribution in [-0.2, 0) is 0 Å². The van der Waals surface area contributed by atoms with Crippen LogP contribution >= 0.6 is 0 Å². The highest BCUT2D eigenvalue weighted by atomic mass is 19.1. The van der Waals surface area contributed by atoms with Gasteiger partial charge in [0.25, 0.3) is 5.91 Å². The molecule has 0 unspecified atom stereocenters. The van der Waals surface area contributed by atoms with Gasteiger partial charge >= 0.3 is 0 Å². The lowest BCUT2D eigenvalue weighted by Crippen LogP contribution is -2.38. The fraction of sp³-hybridized carbons (Fsp3) is 0.500. The molecule has 2 N–H and O–H groups in total. The first-order valence-electron chi connectivity index (χ1n) is 6.45. The lowest BCUT2D eigenvalue weighted by molar-refractivity contribution is 0.0695. The van der Waals surface area contributed by atoms with Gasteiger partial charge in [0, 0.05) is 18.2 Å². The van der Waals surface area contributed by atoms with E-state index in [-0.39, 0.29) is 17.5 Å². The van der Waals surface area contributed by atoms with E-state index in [0.29, 0.717) is 12.5 Å². The Morgan fingerprint density at radius 1 is 1.37 bits per heavy atom. The third kappa shape index (κ3) is 3.03. The lowest BCUT2D eigenvalue weighted by atomic mass is 10.1. The molecule has 0 radical (unpaired) electrons. The predicted molar refractivity (Wildman–Crippen MR) is 69.7 cm³/mol. The van der Waals surface area contributed by atoms with Gasteiger partial charge in [0.2, 0.25) is 0 Å². The van der Waals surface area contributed by atoms with Gasteiger partial charge < -0.3 is 10.6 Å². The minimum Gasteiger partial charge on any atom is -0.394 e. The molecule has 1 aliphatic rings. The van der Waals surface area contributed by atoms with Gasteiger partial charge in [0.15, 0.2) is 0 Å². The van der Waals surface area contributed by atoms with Crippen molar-refractivity contribution in [2.45, 2.75) is 32.7 Å². The average molecular weight is 268 g/mol. The number of nitrogen functional groups attached to an aromatic ring is 1. The molecule has 19 heavy (non-hydrogen) atoms. The molecule has 1 aromatic carbocycles. The van der Waals surface area contributed by atoms with Gasteiger partial charge in [-0.25, -0.2) is 8.78 Å². The van der Waals surface area contributed by atoms with Crippen molar-refractivity contribution >= 4 is 11.6 Å². The molecular formula is C14H18F2N2O. The molecule has 1 amide bonds. The summed E-state index contributed by atoms with van der Waals surface area (Å²) in [5, 5.41) is 0. The number of anilines is 1. The highest BCUT2D eigenvalue weighted by molar-refractivity contribution is 5.94. The van der Waals surface area contributed by atoms with Crippen LogP contribution in [0, 0.1) is 17.6 Å². The maximum absolute atomic E-state index is 13.4. The number of halogens is 2. The van der Waals surface area contributed by atoms with Crippen molar-refractivity contribution in [3.63, 3.8) is 0 Å². The summed E-state index contributed by atoms with van der Waals surface area (Å²) in [7, 11) is 0. The maximum atomic E-state index is 13.4. The Morgan fingerprint density at radius 2 is 1.89 bits per heavy atom. The molecule has 5 heteroatoms. The zero-order chi connectivity index (χ0) is 14.2. The van der Waals surface area contributed by atoms with Gasteiger partial charge in [-0.2, -0.15) is 0 Å². The Hall–Kier alpha value is -1.65. The van der Waals surface area contributed by atoms with E-state index < -0.39 is 17.3 Å². The number of hydrogen-bond acceptors (Lipinski definition) is 2. The van der Waals surface area contributed by atoms with Gasteiger partial charge in [-0.05, 0) is 44.7 Å². The molecule has 0 atom stereocenters. The van der Waals surface area contributed by atoms with E-state index in [1.165, 1.54) is 0 Å². The van der Waals surface area contributed by atoms with Crippen molar-refractivity contribution in [3.05, 3.63) is 29.3 Å². The minimum atomic E-state index is -0.890. The monoisotopic (exact) mass is 268 g/mol. The summed E-state index contributed by atoms with van der Waals surface area (Å²) in [6, 6.07) is 2.00. The molecule has 1 aliphatic carbocycles. The highest BCUT2D eigenvalue weighted by Crippen LogP contribution is 2.31. The second kappa shape index (κ2) is 5.15. The number of carbonyl (C=O) groups is 1. The van der Waals surface area contributed by atoms with Crippen LogP contribution in [-0.4, -0.2) is 23.4 Å². The fourth-order valence-electron chi connectivity index (χ4n) is 1.98. The number of hydrogen-bond donors (Lipinski definition) is 1. The molecule has 3 nitrogen and oxygen atoms in total. The third-order valence-corrected chi connectivity index (χ3v) is 3.36. The number of nitrogens with zero attached hydrogens (tertiary/aromatic N) is 1. The Balaban J connectivity index is 2.25. The van der Waals surface area contributed by atoms with Crippen molar-refractivity contribution in [1.82, 2.24) is 4.90 Å². The quantitative estimate of drug-likeness (QED) is 0.853. The van der Waals surface area contributed by atoms with Crippen LogP contribution in [0.1, 0.15) is 37.0 Å². The van der Waals surface area contributed by atoms with Crippen LogP contribution < -0.4 is 5.73 Å². The smallest absolute Gasteiger partial charge is 0.254 e. The van der Waals surface area contributed by atoms with Crippen LogP contribution in [0.5, 0.6) is 0 Å². The SMILES string of the molecule is CC(C)N(CC1CC1)C(=O)c1cc(F)c(N)c(F)c1. The van der Waals surface area contributed by atoms with Crippen LogP contribution in [0.25, 0.3) is 0 Å². The molecule has 104 valence electrons. The normalized spacial score (nSPS) is 14.8. The van der Waals surface area contributed by atoms with E-state index in [2.05, 4.69) is 0 Å². The van der Waals surface area contributed by atoms with Gasteiger partial charge in [-0.3, -0.25) is 4.79 Å². The van der Waals surface area contributed by atoms with Crippen LogP contribution in [0.2, 0.25) is 0 Å². The van der Waals surface area contributed by atoms with E-state index in [1.54, 1.807) is 4.90 Å². The predicted octanol–water partition coefficient (Wildman–Crippen LogP) is 2.81. The molecule has 0 aromatic heterocycles. The van der Waals surface area contributed by atoms with E-state index in [9.17, 15) is 13.6 Å². The third-order valence-electron chi connectivity index (χ3n) is 3.36. The van der Waals surface area contributed by atoms with E-state index in [1.807, 2.05) is 13.8 Å². The number of nitrogens with two attached hydrogens (primary N) is 1. The zero-order valence-corrected chi connectivity index (χ0v) is 11.1. The fourth-order valence-corrected chi connectivity index (χ4v) is 1.98. The van der Waals surface area contributed by atoms with Crippen molar-refractivity contribution in [2.75, 3.05) is 12.3 Å². The highest BCUT2D eigenvalue weighted by Gasteiger charge is 2.29. The van der Waals surface area contributed by atoms with E-state index in [4.69, 9.17) is 5.73 Å². The number of amides is 1. The first-order valence-corrected chi connectivity index (χ1v) is 6.45. The number of carbonyl (C=O) groups excluding carboxylic acids is 1. The molecular weight excluding hydrogens is 250 g/mol. The standard InChI is InChI=1S/C14H18F2N2O/c1-8(2)18(7-9-3-4-9)14(19)10-5-11(15)13(17)12(16)6-10/h5-6,8-9H,3-4,7,17H2,1-2H3. The van der Waals surface area contributed by atoms with Crippen LogP contribution in [0.3, 0.4) is 0 Å². The van der Waals surface area contributed by atoms with Crippen molar-refractivity contribution in [3.8, 4) is 0 Å². The summed E-state index contributed by atoms with van der Waals surface area (Å²) in [5.41, 5.74) is 4.67. The first-order chi connectivity index (χ1) is 8.90. The lowest BCUT2D eigenvalue weighted by Gasteiger charge is -2.27. The van der Waals surface area contributed by atoms with Crippen LogP contribution in [0.15, 0.2) is 12.1 Å². The summed E-state index contributed by atoms with van der Waals surface area (Å²) >= 11 is 0. The van der Waals surface area contributed by atoms with Gasteiger partial charge in [-0.1, -0.05) is 0 Å². The Bertz CT molecular complexity index is 475. The van der Waals surface area contributed by atoms with Crippen molar-refractivity contribution in [1.29, 1.82) is 0 Å². The van der Waals surface area contributed by atoms with Crippen molar-refractivity contribution < 1.29 is 13.6 Å². The molecule has 1 saturated carbocycles. The Kier molecular flexibility index (Phi) is 3.73. The van der Waals surface area contributed by atoms with Crippen LogP contribution in [0.4, 0.5) is 14.5 Å². The van der Waals surface area contributed by atoms with E-state index in [0.717, 1.165) is 25.0 Å². The molecule has 0 aliphatic heterocycles. The summed E-state index contributed by atoms with van der Waals surface area (Å²) in [6.45, 7) is 4.43. The molecule has 1 aromatic rings. The van der Waals surface area contributed by atoms with Gasteiger partial charge in [-0.15, -0.1) is 0 Å². The molecule has 0 bridgehead atoms. The Morgan fingerprint density at radius 3 is 2.32 bits per heavy atom. The molecule has 0 spiro atoms. The summed E-state index contributed by atoms with van der Waals surface area (Å²) < 4.78 is 26.8. The summed E-state index contributed by atoms with van der Waals surface area (Å²) in [6.07, 6.45) is 2.22. The maximum Gasteiger partial charge on any atom is 0.254 e. The summed E-state index contributed by atoms with van der Waals surface area (Å²) in [4.78, 5) is 14.0. The minimum absolute atomic E-state index is 0.00299. The second-order valence-electron chi connectivity index (χ2n) is 5.35. The average Bonchev–Trinajstić information content (AvgIpc) is 3.15.